The van der Waals surface area contributed by atoms with Gasteiger partial charge in [0.15, 0.2) is 0 Å². The second-order valence-electron chi connectivity index (χ2n) is 3.67. The quantitative estimate of drug-likeness (QED) is 0.674. The van der Waals surface area contributed by atoms with E-state index < -0.39 is 10.0 Å². The highest BCUT2D eigenvalue weighted by molar-refractivity contribution is 7.89. The van der Waals surface area contributed by atoms with Gasteiger partial charge in [-0.05, 0) is 20.0 Å². The summed E-state index contributed by atoms with van der Waals surface area (Å²) in [5.74, 6) is 0.0902. The normalized spacial score (nSPS) is 13.9. The molecule has 0 aliphatic carbocycles. The predicted molar refractivity (Wildman–Crippen MR) is 62.5 cm³/mol. The van der Waals surface area contributed by atoms with Gasteiger partial charge in [0.25, 0.3) is 0 Å². The maximum absolute atomic E-state index is 11.5. The molecule has 2 N–H and O–H groups in total. The van der Waals surface area contributed by atoms with Crippen LogP contribution in [0.25, 0.3) is 0 Å². The highest BCUT2D eigenvalue weighted by Gasteiger charge is 2.13. The zero-order chi connectivity index (χ0) is 12.0. The molecule has 1 unspecified atom stereocenters. The third-order valence-corrected chi connectivity index (χ3v) is 3.52. The standard InChI is InChI=1S/C9H18N4O2S/c1-9(8-13-6-3-4-11-13)12-16(14,15)7-5-10-2/h3-4,6,9-10,12H,5,7-8H2,1-2H3. The van der Waals surface area contributed by atoms with E-state index in [-0.39, 0.29) is 11.8 Å². The van der Waals surface area contributed by atoms with Gasteiger partial charge in [-0.25, -0.2) is 13.1 Å². The fraction of sp³-hybridized carbons (Fsp3) is 0.667. The highest BCUT2D eigenvalue weighted by Crippen LogP contribution is 1.94. The Labute approximate surface area is 96.1 Å². The molecular formula is C9H18N4O2S. The average molecular weight is 246 g/mol. The molecular weight excluding hydrogens is 228 g/mol. The summed E-state index contributed by atoms with van der Waals surface area (Å²) in [5.41, 5.74) is 0. The smallest absolute Gasteiger partial charge is 0.213 e. The van der Waals surface area contributed by atoms with E-state index in [9.17, 15) is 8.42 Å². The van der Waals surface area contributed by atoms with Crippen molar-refractivity contribution in [3.8, 4) is 0 Å². The number of nitrogens with zero attached hydrogens (tertiary/aromatic N) is 2. The first kappa shape index (κ1) is 13.1. The Morgan fingerprint density at radius 2 is 2.25 bits per heavy atom. The van der Waals surface area contributed by atoms with Crippen LogP contribution in [0.1, 0.15) is 6.92 Å². The molecule has 16 heavy (non-hydrogen) atoms. The van der Waals surface area contributed by atoms with Crippen molar-refractivity contribution in [1.29, 1.82) is 0 Å². The first-order valence-corrected chi connectivity index (χ1v) is 6.81. The summed E-state index contributed by atoms with van der Waals surface area (Å²) in [6.07, 6.45) is 3.47. The molecule has 0 aliphatic heterocycles. The summed E-state index contributed by atoms with van der Waals surface area (Å²) < 4.78 is 27.4. The van der Waals surface area contributed by atoms with Gasteiger partial charge >= 0.3 is 0 Å². The Morgan fingerprint density at radius 1 is 1.50 bits per heavy atom. The van der Waals surface area contributed by atoms with Gasteiger partial charge in [-0.15, -0.1) is 0 Å². The minimum Gasteiger partial charge on any atom is -0.319 e. The minimum absolute atomic E-state index is 0.0902. The first-order valence-electron chi connectivity index (χ1n) is 5.15. The van der Waals surface area contributed by atoms with Crippen LogP contribution in [0, 0.1) is 0 Å². The van der Waals surface area contributed by atoms with Crippen molar-refractivity contribution >= 4 is 10.0 Å². The van der Waals surface area contributed by atoms with Crippen LogP contribution in [0.15, 0.2) is 18.5 Å². The maximum atomic E-state index is 11.5. The molecule has 1 heterocycles. The lowest BCUT2D eigenvalue weighted by molar-refractivity contribution is 0.493. The van der Waals surface area contributed by atoms with E-state index in [4.69, 9.17) is 0 Å². The van der Waals surface area contributed by atoms with E-state index in [1.807, 2.05) is 13.0 Å². The highest BCUT2D eigenvalue weighted by atomic mass is 32.2. The lowest BCUT2D eigenvalue weighted by Crippen LogP contribution is -2.39. The van der Waals surface area contributed by atoms with Crippen molar-refractivity contribution in [1.82, 2.24) is 19.8 Å². The fourth-order valence-electron chi connectivity index (χ4n) is 1.33. The third-order valence-electron chi connectivity index (χ3n) is 2.02. The molecule has 0 saturated heterocycles. The van der Waals surface area contributed by atoms with Crippen LogP contribution >= 0.6 is 0 Å². The molecule has 92 valence electrons. The van der Waals surface area contributed by atoms with E-state index >= 15 is 0 Å². The number of nitrogens with one attached hydrogen (secondary N) is 2. The molecule has 1 aromatic rings. The summed E-state index contributed by atoms with van der Waals surface area (Å²) in [5, 5.41) is 6.82. The largest absolute Gasteiger partial charge is 0.319 e. The predicted octanol–water partition coefficient (Wildman–Crippen LogP) is -0.590. The van der Waals surface area contributed by atoms with Gasteiger partial charge < -0.3 is 5.32 Å². The zero-order valence-electron chi connectivity index (χ0n) is 9.55. The topological polar surface area (TPSA) is 76.0 Å². The molecule has 0 amide bonds. The van der Waals surface area contributed by atoms with Crippen molar-refractivity contribution in [2.45, 2.75) is 19.5 Å². The van der Waals surface area contributed by atoms with E-state index in [0.717, 1.165) is 0 Å². The second kappa shape index (κ2) is 5.97. The van der Waals surface area contributed by atoms with Crippen molar-refractivity contribution < 1.29 is 8.42 Å². The maximum Gasteiger partial charge on any atom is 0.213 e. The van der Waals surface area contributed by atoms with Crippen molar-refractivity contribution in [2.24, 2.45) is 0 Å². The zero-order valence-corrected chi connectivity index (χ0v) is 10.4. The lowest BCUT2D eigenvalue weighted by atomic mass is 10.4. The Hall–Kier alpha value is -0.920. The van der Waals surface area contributed by atoms with E-state index in [1.165, 1.54) is 0 Å². The molecule has 0 saturated carbocycles. The average Bonchev–Trinajstić information content (AvgIpc) is 2.66. The first-order chi connectivity index (χ1) is 7.53. The van der Waals surface area contributed by atoms with Gasteiger partial charge in [-0.2, -0.15) is 5.10 Å². The van der Waals surface area contributed by atoms with E-state index in [1.54, 1.807) is 24.1 Å². The molecule has 0 bridgehead atoms. The van der Waals surface area contributed by atoms with Gasteiger partial charge in [0.1, 0.15) is 0 Å². The SMILES string of the molecule is CNCCS(=O)(=O)NC(C)Cn1cccn1. The molecule has 6 nitrogen and oxygen atoms in total. The van der Waals surface area contributed by atoms with Gasteiger partial charge in [0.2, 0.25) is 10.0 Å². The molecule has 0 spiro atoms. The molecule has 0 radical (unpaired) electrons. The van der Waals surface area contributed by atoms with Crippen molar-refractivity contribution in [3.05, 3.63) is 18.5 Å². The van der Waals surface area contributed by atoms with E-state index in [0.29, 0.717) is 13.1 Å². The Kier molecular flexibility index (Phi) is 4.91. The summed E-state index contributed by atoms with van der Waals surface area (Å²) in [6.45, 7) is 2.80. The Bertz CT molecular complexity index is 388. The van der Waals surface area contributed by atoms with E-state index in [2.05, 4.69) is 15.1 Å². The number of sulfonamides is 1. The summed E-state index contributed by atoms with van der Waals surface area (Å²) in [4.78, 5) is 0. The minimum atomic E-state index is -3.20. The van der Waals surface area contributed by atoms with Crippen LogP contribution in [0.4, 0.5) is 0 Å². The molecule has 0 fully saturated rings. The molecule has 0 aromatic carbocycles. The van der Waals surface area contributed by atoms with Crippen molar-refractivity contribution in [2.75, 3.05) is 19.3 Å². The molecule has 1 rings (SSSR count). The van der Waals surface area contributed by atoms with Gasteiger partial charge in [0.05, 0.1) is 12.3 Å². The number of aromatic nitrogens is 2. The lowest BCUT2D eigenvalue weighted by Gasteiger charge is -2.14. The van der Waals surface area contributed by atoms with Crippen LogP contribution in [-0.4, -0.2) is 43.6 Å². The molecule has 1 aromatic heterocycles. The van der Waals surface area contributed by atoms with Crippen LogP contribution in [0.5, 0.6) is 0 Å². The summed E-state index contributed by atoms with van der Waals surface area (Å²) in [6, 6.07) is 1.64. The van der Waals surface area contributed by atoms with Crippen LogP contribution < -0.4 is 10.0 Å². The third kappa shape index (κ3) is 4.73. The Balaban J connectivity index is 2.41. The molecule has 1 atom stereocenters. The van der Waals surface area contributed by atoms with Crippen LogP contribution in [-0.2, 0) is 16.6 Å². The molecule has 7 heteroatoms. The van der Waals surface area contributed by atoms with Gasteiger partial charge in [-0.3, -0.25) is 4.68 Å². The second-order valence-corrected chi connectivity index (χ2v) is 5.54. The summed E-state index contributed by atoms with van der Waals surface area (Å²) >= 11 is 0. The molecule has 0 aliphatic rings. The number of hydrogen-bond donors (Lipinski definition) is 2. The van der Waals surface area contributed by atoms with Crippen molar-refractivity contribution in [3.63, 3.8) is 0 Å². The van der Waals surface area contributed by atoms with Gasteiger partial charge in [-0.1, -0.05) is 0 Å². The Morgan fingerprint density at radius 3 is 2.81 bits per heavy atom. The monoisotopic (exact) mass is 246 g/mol. The number of hydrogen-bond acceptors (Lipinski definition) is 4. The summed E-state index contributed by atoms with van der Waals surface area (Å²) in [7, 11) is -1.47. The fourth-order valence-corrected chi connectivity index (χ4v) is 2.61. The van der Waals surface area contributed by atoms with Gasteiger partial charge in [0, 0.05) is 25.0 Å². The number of rotatable bonds is 7. The van der Waals surface area contributed by atoms with Crippen LogP contribution in [0.3, 0.4) is 0 Å². The van der Waals surface area contributed by atoms with Crippen LogP contribution in [0.2, 0.25) is 0 Å².